The number of rotatable bonds is 4. The molecule has 0 unspecified atom stereocenters. The highest BCUT2D eigenvalue weighted by molar-refractivity contribution is 6.31. The predicted molar refractivity (Wildman–Crippen MR) is 95.4 cm³/mol. The van der Waals surface area contributed by atoms with Gasteiger partial charge in [-0.05, 0) is 43.7 Å². The number of carbonyl (C=O) groups is 1. The van der Waals surface area contributed by atoms with Gasteiger partial charge in [0.2, 0.25) is 5.91 Å². The Morgan fingerprint density at radius 3 is 2.52 bits per heavy atom. The summed E-state index contributed by atoms with van der Waals surface area (Å²) in [6, 6.07) is 3.40. The van der Waals surface area contributed by atoms with E-state index in [1.165, 1.54) is 6.42 Å². The van der Waals surface area contributed by atoms with Crippen molar-refractivity contribution in [2.24, 2.45) is 11.8 Å². The minimum Gasteiger partial charge on any atom is -0.495 e. The second-order valence-electron chi connectivity index (χ2n) is 6.86. The molecule has 0 bridgehead atoms. The van der Waals surface area contributed by atoms with Crippen LogP contribution in [0.4, 0.5) is 5.69 Å². The lowest BCUT2D eigenvalue weighted by Gasteiger charge is -2.36. The van der Waals surface area contributed by atoms with Crippen molar-refractivity contribution in [3.63, 3.8) is 0 Å². The summed E-state index contributed by atoms with van der Waals surface area (Å²) in [5.74, 6) is 1.91. The standard InChI is InChI=1S/C18H27ClN2O2/c1-11-6-12(2)10-21(9-11)18(22)14(4)20-16-7-13(3)15(19)8-17(16)23-5/h7-8,11-12,14,20H,6,9-10H2,1-5H3/t11-,12+,14-/m0/s1. The van der Waals surface area contributed by atoms with Gasteiger partial charge in [0.1, 0.15) is 11.8 Å². The molecular weight excluding hydrogens is 312 g/mol. The second kappa shape index (κ2) is 7.43. The molecule has 1 saturated heterocycles. The van der Waals surface area contributed by atoms with Crippen molar-refractivity contribution < 1.29 is 9.53 Å². The molecule has 0 aromatic heterocycles. The molecule has 23 heavy (non-hydrogen) atoms. The minimum atomic E-state index is -0.304. The zero-order chi connectivity index (χ0) is 17.1. The molecule has 3 atom stereocenters. The first-order chi connectivity index (χ1) is 10.8. The number of piperidine rings is 1. The van der Waals surface area contributed by atoms with Gasteiger partial charge >= 0.3 is 0 Å². The quantitative estimate of drug-likeness (QED) is 0.903. The first-order valence-corrected chi connectivity index (χ1v) is 8.59. The molecule has 1 aromatic rings. The van der Waals surface area contributed by atoms with Crippen LogP contribution in [0.5, 0.6) is 5.75 Å². The summed E-state index contributed by atoms with van der Waals surface area (Å²) in [5.41, 5.74) is 1.75. The van der Waals surface area contributed by atoms with Gasteiger partial charge in [-0.2, -0.15) is 0 Å². The number of likely N-dealkylation sites (tertiary alicyclic amines) is 1. The number of hydrogen-bond donors (Lipinski definition) is 1. The van der Waals surface area contributed by atoms with Gasteiger partial charge in [0, 0.05) is 24.2 Å². The number of benzene rings is 1. The molecular formula is C18H27ClN2O2. The zero-order valence-corrected chi connectivity index (χ0v) is 15.4. The summed E-state index contributed by atoms with van der Waals surface area (Å²) < 4.78 is 5.37. The van der Waals surface area contributed by atoms with Crippen LogP contribution >= 0.6 is 11.6 Å². The van der Waals surface area contributed by atoms with Gasteiger partial charge in [0.05, 0.1) is 12.8 Å². The van der Waals surface area contributed by atoms with Crippen LogP contribution in [0.15, 0.2) is 12.1 Å². The number of carbonyl (C=O) groups excluding carboxylic acids is 1. The number of aryl methyl sites for hydroxylation is 1. The fourth-order valence-electron chi connectivity index (χ4n) is 3.36. The largest absolute Gasteiger partial charge is 0.495 e. The number of anilines is 1. The Labute approximate surface area is 144 Å². The summed E-state index contributed by atoms with van der Waals surface area (Å²) in [5, 5.41) is 3.94. The fourth-order valence-corrected chi connectivity index (χ4v) is 3.51. The minimum absolute atomic E-state index is 0.137. The van der Waals surface area contributed by atoms with Gasteiger partial charge < -0.3 is 15.0 Å². The average molecular weight is 339 g/mol. The van der Waals surface area contributed by atoms with E-state index in [9.17, 15) is 4.79 Å². The summed E-state index contributed by atoms with van der Waals surface area (Å²) in [7, 11) is 1.60. The maximum absolute atomic E-state index is 12.7. The van der Waals surface area contributed by atoms with Gasteiger partial charge in [-0.25, -0.2) is 0 Å². The highest BCUT2D eigenvalue weighted by atomic mass is 35.5. The highest BCUT2D eigenvalue weighted by Gasteiger charge is 2.28. The average Bonchev–Trinajstić information content (AvgIpc) is 2.48. The number of amides is 1. The van der Waals surface area contributed by atoms with E-state index in [-0.39, 0.29) is 11.9 Å². The smallest absolute Gasteiger partial charge is 0.244 e. The van der Waals surface area contributed by atoms with E-state index in [1.807, 2.05) is 24.8 Å². The number of hydrogen-bond acceptors (Lipinski definition) is 3. The molecule has 0 saturated carbocycles. The van der Waals surface area contributed by atoms with Crippen LogP contribution in [0.1, 0.15) is 32.8 Å². The normalized spacial score (nSPS) is 22.6. The van der Waals surface area contributed by atoms with E-state index in [1.54, 1.807) is 13.2 Å². The third kappa shape index (κ3) is 4.31. The molecule has 5 heteroatoms. The number of nitrogens with zero attached hydrogens (tertiary/aromatic N) is 1. The summed E-state index contributed by atoms with van der Waals surface area (Å²) in [4.78, 5) is 14.7. The molecule has 0 aliphatic carbocycles. The lowest BCUT2D eigenvalue weighted by atomic mass is 9.91. The molecule has 0 radical (unpaired) electrons. The third-order valence-corrected chi connectivity index (χ3v) is 4.81. The van der Waals surface area contributed by atoms with Crippen molar-refractivity contribution in [1.29, 1.82) is 0 Å². The molecule has 0 spiro atoms. The van der Waals surface area contributed by atoms with Crippen LogP contribution < -0.4 is 10.1 Å². The van der Waals surface area contributed by atoms with Crippen molar-refractivity contribution in [2.45, 2.75) is 40.2 Å². The summed E-state index contributed by atoms with van der Waals surface area (Å²) >= 11 is 6.13. The number of ether oxygens (including phenoxy) is 1. The SMILES string of the molecule is COc1cc(Cl)c(C)cc1N[C@@H](C)C(=O)N1C[C@H](C)C[C@H](C)C1. The molecule has 2 rings (SSSR count). The Bertz CT molecular complexity index is 566. The van der Waals surface area contributed by atoms with Crippen LogP contribution in [0.2, 0.25) is 5.02 Å². The van der Waals surface area contributed by atoms with E-state index in [0.717, 1.165) is 24.3 Å². The molecule has 1 aromatic carbocycles. The molecule has 1 heterocycles. The molecule has 1 N–H and O–H groups in total. The maximum atomic E-state index is 12.7. The van der Waals surface area contributed by atoms with Crippen molar-refractivity contribution in [1.82, 2.24) is 4.90 Å². The van der Waals surface area contributed by atoms with Crippen LogP contribution in [0.3, 0.4) is 0 Å². The zero-order valence-electron chi connectivity index (χ0n) is 14.6. The lowest BCUT2D eigenvalue weighted by Crippen LogP contribution is -2.48. The van der Waals surface area contributed by atoms with Crippen LogP contribution in [-0.2, 0) is 4.79 Å². The number of methoxy groups -OCH3 is 1. The Morgan fingerprint density at radius 1 is 1.35 bits per heavy atom. The van der Waals surface area contributed by atoms with E-state index in [2.05, 4.69) is 19.2 Å². The topological polar surface area (TPSA) is 41.6 Å². The van der Waals surface area contributed by atoms with E-state index in [0.29, 0.717) is 22.6 Å². The van der Waals surface area contributed by atoms with Gasteiger partial charge in [0.25, 0.3) is 0 Å². The van der Waals surface area contributed by atoms with Crippen LogP contribution in [0, 0.1) is 18.8 Å². The Hall–Kier alpha value is -1.42. The predicted octanol–water partition coefficient (Wildman–Crippen LogP) is 3.96. The Morgan fingerprint density at radius 2 is 1.96 bits per heavy atom. The first-order valence-electron chi connectivity index (χ1n) is 8.21. The molecule has 1 amide bonds. The van der Waals surface area contributed by atoms with Gasteiger partial charge in [-0.15, -0.1) is 0 Å². The summed E-state index contributed by atoms with van der Waals surface area (Å²) in [6.45, 7) is 9.93. The Balaban J connectivity index is 2.10. The number of halogens is 1. The Kier molecular flexibility index (Phi) is 5.79. The molecule has 4 nitrogen and oxygen atoms in total. The van der Waals surface area contributed by atoms with Crippen molar-refractivity contribution in [3.05, 3.63) is 22.7 Å². The third-order valence-electron chi connectivity index (χ3n) is 4.40. The van der Waals surface area contributed by atoms with Crippen molar-refractivity contribution in [2.75, 3.05) is 25.5 Å². The lowest BCUT2D eigenvalue weighted by molar-refractivity contribution is -0.134. The van der Waals surface area contributed by atoms with Crippen molar-refractivity contribution >= 4 is 23.2 Å². The van der Waals surface area contributed by atoms with Crippen LogP contribution in [-0.4, -0.2) is 37.0 Å². The van der Waals surface area contributed by atoms with Gasteiger partial charge in [-0.3, -0.25) is 4.79 Å². The molecule has 128 valence electrons. The van der Waals surface area contributed by atoms with Gasteiger partial charge in [0.15, 0.2) is 0 Å². The van der Waals surface area contributed by atoms with E-state index in [4.69, 9.17) is 16.3 Å². The monoisotopic (exact) mass is 338 g/mol. The summed E-state index contributed by atoms with van der Waals surface area (Å²) in [6.07, 6.45) is 1.19. The highest BCUT2D eigenvalue weighted by Crippen LogP contribution is 2.31. The molecule has 1 fully saturated rings. The van der Waals surface area contributed by atoms with Gasteiger partial charge in [-0.1, -0.05) is 25.4 Å². The van der Waals surface area contributed by atoms with Crippen LogP contribution in [0.25, 0.3) is 0 Å². The van der Waals surface area contributed by atoms with E-state index < -0.39 is 0 Å². The fraction of sp³-hybridized carbons (Fsp3) is 0.611. The number of nitrogens with one attached hydrogen (secondary N) is 1. The maximum Gasteiger partial charge on any atom is 0.244 e. The molecule has 1 aliphatic heterocycles. The van der Waals surface area contributed by atoms with E-state index >= 15 is 0 Å². The molecule has 1 aliphatic rings. The first kappa shape index (κ1) is 17.9. The van der Waals surface area contributed by atoms with Crippen molar-refractivity contribution in [3.8, 4) is 5.75 Å². The second-order valence-corrected chi connectivity index (χ2v) is 7.26.